The Labute approximate surface area is 233 Å². The Morgan fingerprint density at radius 1 is 1.25 bits per heavy atom. The first-order chi connectivity index (χ1) is 18.7. The van der Waals surface area contributed by atoms with E-state index >= 15 is 4.39 Å². The van der Waals surface area contributed by atoms with Gasteiger partial charge in [-0.1, -0.05) is 56.7 Å². The van der Waals surface area contributed by atoms with E-state index in [0.717, 1.165) is 15.7 Å². The molecular weight excluding hydrogens is 538 g/mol. The number of carbonyl (C=O) groups is 1. The van der Waals surface area contributed by atoms with E-state index in [4.69, 9.17) is 4.74 Å². The number of fused-ring (bicyclic) bond motifs is 1. The monoisotopic (exact) mass is 572 g/mol. The first-order valence-electron chi connectivity index (χ1n) is 13.0. The van der Waals surface area contributed by atoms with E-state index in [1.54, 1.807) is 39.0 Å². The molecule has 0 amide bonds. The first-order valence-corrected chi connectivity index (χ1v) is 14.5. The number of nitrogens with one attached hydrogen (secondary N) is 1. The number of halogens is 2. The maximum Gasteiger partial charge on any atom is 0.307 e. The third kappa shape index (κ3) is 5.52. The molecule has 1 aliphatic rings. The zero-order valence-corrected chi connectivity index (χ0v) is 24.3. The van der Waals surface area contributed by atoms with Gasteiger partial charge in [0.1, 0.15) is 16.1 Å². The normalized spacial score (nSPS) is 18.4. The zero-order valence-electron chi connectivity index (χ0n) is 23.5. The molecule has 3 aromatic rings. The molecule has 0 radical (unpaired) electrons. The Morgan fingerprint density at radius 3 is 2.62 bits per heavy atom. The minimum Gasteiger partial charge on any atom is -0.466 e. The quantitative estimate of drug-likeness (QED) is 0.330. The van der Waals surface area contributed by atoms with Gasteiger partial charge in [0.25, 0.3) is 0 Å². The van der Waals surface area contributed by atoms with Crippen LogP contribution in [0, 0.1) is 17.0 Å². The number of hydrogen-bond donors (Lipinski definition) is 1. The van der Waals surface area contributed by atoms with Crippen LogP contribution in [0.15, 0.2) is 54.4 Å². The second-order valence-corrected chi connectivity index (χ2v) is 13.5. The molecule has 8 nitrogen and oxygen atoms in total. The zero-order chi connectivity index (χ0) is 29.5. The molecule has 40 heavy (non-hydrogen) atoms. The molecule has 0 spiro atoms. The molecule has 11 heteroatoms. The van der Waals surface area contributed by atoms with Crippen LogP contribution in [0.2, 0.25) is 0 Å². The predicted octanol–water partition coefficient (Wildman–Crippen LogP) is 6.00. The largest absolute Gasteiger partial charge is 0.466 e. The predicted molar refractivity (Wildman–Crippen MR) is 151 cm³/mol. The fraction of sp³-hybridized carbons (Fsp3) is 0.414. The lowest BCUT2D eigenvalue weighted by molar-refractivity contribution is -0.143. The van der Waals surface area contributed by atoms with Crippen LogP contribution in [0.3, 0.4) is 0 Å². The van der Waals surface area contributed by atoms with Crippen LogP contribution in [0.5, 0.6) is 0 Å². The van der Waals surface area contributed by atoms with Crippen LogP contribution in [0.25, 0.3) is 22.3 Å². The molecule has 0 bridgehead atoms. The third-order valence-corrected chi connectivity index (χ3v) is 9.32. The summed E-state index contributed by atoms with van der Waals surface area (Å²) in [6, 6.07) is 3.68. The molecule has 0 saturated carbocycles. The summed E-state index contributed by atoms with van der Waals surface area (Å²) in [6.07, 6.45) is 7.70. The number of anilines is 1. The number of aromatic nitrogens is 3. The van der Waals surface area contributed by atoms with Crippen molar-refractivity contribution in [1.82, 2.24) is 13.9 Å². The van der Waals surface area contributed by atoms with Gasteiger partial charge in [0.05, 0.1) is 19.2 Å². The molecule has 1 aromatic carbocycles. The van der Waals surface area contributed by atoms with Gasteiger partial charge in [-0.25, -0.2) is 31.1 Å². The molecule has 2 heterocycles. The van der Waals surface area contributed by atoms with Gasteiger partial charge < -0.3 is 10.1 Å². The number of esters is 1. The minimum atomic E-state index is -4.15. The molecule has 0 saturated heterocycles. The number of ether oxygens (including phenoxy) is 1. The maximum atomic E-state index is 15.2. The summed E-state index contributed by atoms with van der Waals surface area (Å²) < 4.78 is 62.8. The molecule has 1 aliphatic carbocycles. The van der Waals surface area contributed by atoms with Crippen molar-refractivity contribution < 1.29 is 26.7 Å². The van der Waals surface area contributed by atoms with Crippen molar-refractivity contribution in [2.24, 2.45) is 5.41 Å². The molecular formula is C29H34F2N4O4S. The van der Waals surface area contributed by atoms with Crippen molar-refractivity contribution in [1.29, 1.82) is 0 Å². The number of carbonyl (C=O) groups excluding carboxylic acids is 1. The summed E-state index contributed by atoms with van der Waals surface area (Å²) >= 11 is 0. The van der Waals surface area contributed by atoms with Crippen LogP contribution in [0.1, 0.15) is 54.4 Å². The van der Waals surface area contributed by atoms with E-state index in [-0.39, 0.29) is 47.6 Å². The van der Waals surface area contributed by atoms with Crippen LogP contribution in [-0.2, 0) is 19.6 Å². The lowest BCUT2D eigenvalue weighted by atomic mass is 9.84. The van der Waals surface area contributed by atoms with Crippen molar-refractivity contribution in [3.05, 3.63) is 66.0 Å². The van der Waals surface area contributed by atoms with E-state index in [1.807, 2.05) is 26.8 Å². The average Bonchev–Trinajstić information content (AvgIpc) is 3.26. The summed E-state index contributed by atoms with van der Waals surface area (Å²) in [4.78, 5) is 20.7. The Bertz CT molecular complexity index is 1620. The van der Waals surface area contributed by atoms with Gasteiger partial charge in [0.15, 0.2) is 17.5 Å². The van der Waals surface area contributed by atoms with E-state index in [9.17, 15) is 17.6 Å². The molecule has 2 unspecified atom stereocenters. The van der Waals surface area contributed by atoms with E-state index < -0.39 is 43.8 Å². The standard InChI is InChI=1S/C29H34F2N4O4S/c1-7-39-24(36)14-23(28(3,4)5)33-27-22(31)16-32-26(34-27)20-17-35(25-19(20)11-8-12-21(25)30)40(37,38)29(6)13-9-10-18(2)15-29/h8-12,15-17,23H,7,13-14H2,1-6H3,(H,32,33,34). The molecule has 2 atom stereocenters. The van der Waals surface area contributed by atoms with Crippen LogP contribution in [-0.4, -0.2) is 45.7 Å². The Balaban J connectivity index is 1.83. The SMILES string of the molecule is CCOC(=O)CC(Nc1nc(-c2cn(S(=O)(=O)C3(C)C=C(C)C=CC3)c3c(F)cccc23)ncc1F)C(C)(C)C. The summed E-state index contributed by atoms with van der Waals surface area (Å²) in [7, 11) is -4.15. The Hall–Kier alpha value is -3.60. The van der Waals surface area contributed by atoms with Gasteiger partial charge in [0, 0.05) is 23.2 Å². The van der Waals surface area contributed by atoms with Gasteiger partial charge in [-0.15, -0.1) is 0 Å². The lowest BCUT2D eigenvalue weighted by Crippen LogP contribution is -2.38. The van der Waals surface area contributed by atoms with Gasteiger partial charge in [-0.2, -0.15) is 0 Å². The van der Waals surface area contributed by atoms with Crippen LogP contribution in [0.4, 0.5) is 14.6 Å². The molecule has 214 valence electrons. The highest BCUT2D eigenvalue weighted by Gasteiger charge is 2.40. The van der Waals surface area contributed by atoms with Crippen molar-refractivity contribution in [2.75, 3.05) is 11.9 Å². The fourth-order valence-electron chi connectivity index (χ4n) is 4.77. The summed E-state index contributed by atoms with van der Waals surface area (Å²) in [5.41, 5.74) is 0.377. The summed E-state index contributed by atoms with van der Waals surface area (Å²) in [5, 5.41) is 3.26. The molecule has 4 rings (SSSR count). The second kappa shape index (κ2) is 10.8. The Kier molecular flexibility index (Phi) is 7.90. The highest BCUT2D eigenvalue weighted by Crippen LogP contribution is 2.38. The van der Waals surface area contributed by atoms with E-state index in [2.05, 4.69) is 15.3 Å². The number of allylic oxidation sites excluding steroid dienone is 3. The summed E-state index contributed by atoms with van der Waals surface area (Å²) in [6.45, 7) is 11.0. The highest BCUT2D eigenvalue weighted by atomic mass is 32.2. The second-order valence-electron chi connectivity index (χ2n) is 11.2. The molecule has 2 aromatic heterocycles. The van der Waals surface area contributed by atoms with Crippen molar-refractivity contribution in [3.8, 4) is 11.4 Å². The van der Waals surface area contributed by atoms with Crippen molar-refractivity contribution in [3.63, 3.8) is 0 Å². The number of rotatable bonds is 8. The maximum absolute atomic E-state index is 15.2. The van der Waals surface area contributed by atoms with Crippen LogP contribution < -0.4 is 5.32 Å². The minimum absolute atomic E-state index is 0.00217. The van der Waals surface area contributed by atoms with Gasteiger partial charge in [-0.3, -0.25) is 4.79 Å². The van der Waals surface area contributed by atoms with Crippen molar-refractivity contribution >= 4 is 32.7 Å². The van der Waals surface area contributed by atoms with Gasteiger partial charge >= 0.3 is 5.97 Å². The van der Waals surface area contributed by atoms with Gasteiger partial charge in [0.2, 0.25) is 10.0 Å². The van der Waals surface area contributed by atoms with Crippen LogP contribution >= 0.6 is 0 Å². The third-order valence-electron chi connectivity index (χ3n) is 7.05. The fourth-order valence-corrected chi connectivity index (χ4v) is 6.53. The smallest absolute Gasteiger partial charge is 0.307 e. The first kappa shape index (κ1) is 29.4. The van der Waals surface area contributed by atoms with E-state index in [0.29, 0.717) is 0 Å². The number of nitrogens with zero attached hydrogens (tertiary/aromatic N) is 3. The number of para-hydroxylation sites is 1. The molecule has 0 fully saturated rings. The molecule has 0 aliphatic heterocycles. The highest BCUT2D eigenvalue weighted by molar-refractivity contribution is 7.91. The average molecular weight is 573 g/mol. The Morgan fingerprint density at radius 2 is 1.98 bits per heavy atom. The topological polar surface area (TPSA) is 103 Å². The van der Waals surface area contributed by atoms with Crippen molar-refractivity contribution in [2.45, 2.75) is 65.2 Å². The lowest BCUT2D eigenvalue weighted by Gasteiger charge is -2.31. The molecule has 1 N–H and O–H groups in total. The number of benzene rings is 1. The summed E-state index contributed by atoms with van der Waals surface area (Å²) in [5.74, 6) is -2.10. The number of hydrogen-bond acceptors (Lipinski definition) is 7. The van der Waals surface area contributed by atoms with Gasteiger partial charge in [-0.05, 0) is 38.7 Å². The van der Waals surface area contributed by atoms with E-state index in [1.165, 1.54) is 18.3 Å².